The number of rotatable bonds is 5. The number of nitriles is 1. The number of methoxy groups -OCH3 is 1. The summed E-state index contributed by atoms with van der Waals surface area (Å²) in [6, 6.07) is 18.0. The minimum atomic E-state index is 0.375. The normalized spacial score (nSPS) is 13.1. The molecule has 1 aromatic heterocycles. The second kappa shape index (κ2) is 8.87. The lowest BCUT2D eigenvalue weighted by Gasteiger charge is -2.16. The zero-order valence-electron chi connectivity index (χ0n) is 17.2. The summed E-state index contributed by atoms with van der Waals surface area (Å²) in [5.74, 6) is 2.00. The number of nitrogen functional groups attached to an aromatic ring is 1. The van der Waals surface area contributed by atoms with Gasteiger partial charge in [0.1, 0.15) is 35.4 Å². The van der Waals surface area contributed by atoms with Crippen LogP contribution in [-0.2, 0) is 19.4 Å². The molecule has 1 heterocycles. The molecule has 0 saturated carbocycles. The Morgan fingerprint density at radius 1 is 1.07 bits per heavy atom. The van der Waals surface area contributed by atoms with Gasteiger partial charge in [0.05, 0.1) is 7.11 Å². The van der Waals surface area contributed by atoms with Crippen molar-refractivity contribution in [2.75, 3.05) is 12.8 Å². The van der Waals surface area contributed by atoms with Gasteiger partial charge in [-0.1, -0.05) is 30.7 Å². The molecule has 3 N–H and O–H groups in total. The van der Waals surface area contributed by atoms with E-state index in [4.69, 9.17) is 15.2 Å². The van der Waals surface area contributed by atoms with Crippen LogP contribution in [0.3, 0.4) is 0 Å². The number of fused-ring (bicyclic) bond motifs is 1. The van der Waals surface area contributed by atoms with E-state index in [0.29, 0.717) is 18.0 Å². The van der Waals surface area contributed by atoms with Gasteiger partial charge in [0.2, 0.25) is 0 Å². The highest BCUT2D eigenvalue weighted by molar-refractivity contribution is 5.78. The van der Waals surface area contributed by atoms with Crippen LogP contribution in [0.1, 0.15) is 41.6 Å². The van der Waals surface area contributed by atoms with Gasteiger partial charge in [0, 0.05) is 23.1 Å². The summed E-state index contributed by atoms with van der Waals surface area (Å²) in [5.41, 5.74) is 11.9. The lowest BCUT2D eigenvalue weighted by molar-refractivity contribution is -0.373. The third-order valence-electron chi connectivity index (χ3n) is 5.64. The van der Waals surface area contributed by atoms with Crippen molar-refractivity contribution in [2.24, 2.45) is 0 Å². The highest BCUT2D eigenvalue weighted by atomic mass is 16.5. The maximum absolute atomic E-state index is 9.86. The molecule has 0 spiro atoms. The second-order valence-corrected chi connectivity index (χ2v) is 7.55. The molecule has 3 aromatic rings. The van der Waals surface area contributed by atoms with Crippen molar-refractivity contribution in [1.29, 1.82) is 5.26 Å². The minimum Gasteiger partial charge on any atom is -0.496 e. The lowest BCUT2D eigenvalue weighted by atomic mass is 9.91. The number of nitrogens with two attached hydrogens (primary N) is 1. The number of nitrogens with one attached hydrogen (secondary N) is 1. The average Bonchev–Trinajstić information content (AvgIpc) is 3.02. The predicted molar refractivity (Wildman–Crippen MR) is 116 cm³/mol. The SMILES string of the molecule is COc1ccc(-c2c(C#N)c(N)[nH+]c3c2CCCCC3)cc1COc1ccccc1. The van der Waals surface area contributed by atoms with E-state index in [0.717, 1.165) is 59.6 Å². The van der Waals surface area contributed by atoms with Crippen molar-refractivity contribution in [3.63, 3.8) is 0 Å². The fourth-order valence-corrected chi connectivity index (χ4v) is 4.17. The van der Waals surface area contributed by atoms with E-state index < -0.39 is 0 Å². The Kier molecular flexibility index (Phi) is 5.85. The molecule has 0 radical (unpaired) electrons. The molecule has 4 rings (SSSR count). The Balaban J connectivity index is 1.79. The zero-order chi connectivity index (χ0) is 20.9. The summed E-state index contributed by atoms with van der Waals surface area (Å²) < 4.78 is 11.5. The van der Waals surface area contributed by atoms with E-state index in [1.165, 1.54) is 12.0 Å². The van der Waals surface area contributed by atoms with E-state index in [1.807, 2.05) is 42.5 Å². The first-order valence-electron chi connectivity index (χ1n) is 10.3. The molecule has 5 nitrogen and oxygen atoms in total. The number of para-hydroxylation sites is 1. The molecule has 0 atom stereocenters. The number of hydrogen-bond acceptors (Lipinski definition) is 4. The topological polar surface area (TPSA) is 82.4 Å². The van der Waals surface area contributed by atoms with E-state index in [-0.39, 0.29) is 0 Å². The quantitative estimate of drug-likeness (QED) is 0.640. The first-order valence-corrected chi connectivity index (χ1v) is 10.3. The van der Waals surface area contributed by atoms with Crippen molar-refractivity contribution >= 4 is 5.82 Å². The van der Waals surface area contributed by atoms with Gasteiger partial charge in [0.15, 0.2) is 0 Å². The fraction of sp³-hybridized carbons (Fsp3) is 0.280. The zero-order valence-corrected chi connectivity index (χ0v) is 17.2. The number of aromatic nitrogens is 1. The predicted octanol–water partition coefficient (Wildman–Crippen LogP) is 4.48. The smallest absolute Gasteiger partial charge is 0.289 e. The van der Waals surface area contributed by atoms with Crippen LogP contribution in [0.5, 0.6) is 11.5 Å². The van der Waals surface area contributed by atoms with E-state index >= 15 is 0 Å². The van der Waals surface area contributed by atoms with Gasteiger partial charge >= 0.3 is 0 Å². The van der Waals surface area contributed by atoms with E-state index in [2.05, 4.69) is 17.1 Å². The summed E-state index contributed by atoms with van der Waals surface area (Å²) in [4.78, 5) is 3.29. The summed E-state index contributed by atoms with van der Waals surface area (Å²) in [5, 5.41) is 9.86. The number of hydrogen-bond donors (Lipinski definition) is 1. The largest absolute Gasteiger partial charge is 0.496 e. The van der Waals surface area contributed by atoms with E-state index in [1.54, 1.807) is 7.11 Å². The number of aromatic amines is 1. The van der Waals surface area contributed by atoms with Crippen LogP contribution in [0.25, 0.3) is 11.1 Å². The van der Waals surface area contributed by atoms with Crippen LogP contribution < -0.4 is 20.2 Å². The molecule has 0 saturated heterocycles. The monoisotopic (exact) mass is 400 g/mol. The van der Waals surface area contributed by atoms with Gasteiger partial charge < -0.3 is 9.47 Å². The van der Waals surface area contributed by atoms with Crippen LogP contribution in [0.15, 0.2) is 48.5 Å². The first kappa shape index (κ1) is 19.8. The van der Waals surface area contributed by atoms with Crippen LogP contribution >= 0.6 is 0 Å². The molecule has 5 heteroatoms. The van der Waals surface area contributed by atoms with Crippen molar-refractivity contribution < 1.29 is 14.5 Å². The minimum absolute atomic E-state index is 0.375. The van der Waals surface area contributed by atoms with Crippen LogP contribution in [-0.4, -0.2) is 7.11 Å². The molecule has 1 aliphatic rings. The van der Waals surface area contributed by atoms with E-state index in [9.17, 15) is 5.26 Å². The van der Waals surface area contributed by atoms with Gasteiger partial charge in [-0.3, -0.25) is 5.73 Å². The Labute approximate surface area is 177 Å². The molecule has 0 amide bonds. The number of ether oxygens (including phenoxy) is 2. The van der Waals surface area contributed by atoms with Crippen molar-refractivity contribution in [2.45, 2.75) is 38.7 Å². The van der Waals surface area contributed by atoms with Gasteiger partial charge in [0.25, 0.3) is 5.82 Å². The number of H-pyrrole nitrogens is 1. The van der Waals surface area contributed by atoms with Gasteiger partial charge in [-0.05, 0) is 49.1 Å². The summed E-state index contributed by atoms with van der Waals surface area (Å²) >= 11 is 0. The average molecular weight is 401 g/mol. The number of aryl methyl sites for hydroxylation is 1. The fourth-order valence-electron chi connectivity index (χ4n) is 4.17. The molecule has 30 heavy (non-hydrogen) atoms. The highest BCUT2D eigenvalue weighted by Crippen LogP contribution is 2.36. The molecule has 152 valence electrons. The van der Waals surface area contributed by atoms with Gasteiger partial charge in [-0.2, -0.15) is 5.26 Å². The van der Waals surface area contributed by atoms with Gasteiger partial charge in [-0.15, -0.1) is 0 Å². The standard InChI is InChI=1S/C25H25N3O2/c1-29-23-13-12-17(14-18(23)16-30-19-8-4-2-5-9-19)24-20-10-6-3-7-11-22(20)28-25(27)21(24)15-26/h2,4-5,8-9,12-14H,3,6-7,10-11,16H2,1H3,(H2,27,28)/p+1. The molecular formula is C25H26N3O2+. The highest BCUT2D eigenvalue weighted by Gasteiger charge is 2.24. The maximum Gasteiger partial charge on any atom is 0.289 e. The number of benzene rings is 2. The van der Waals surface area contributed by atoms with Crippen molar-refractivity contribution in [1.82, 2.24) is 0 Å². The van der Waals surface area contributed by atoms with Crippen LogP contribution in [0, 0.1) is 11.3 Å². The van der Waals surface area contributed by atoms with Crippen LogP contribution in [0.4, 0.5) is 5.82 Å². The summed E-state index contributed by atoms with van der Waals surface area (Å²) in [7, 11) is 1.66. The molecule has 0 aliphatic heterocycles. The van der Waals surface area contributed by atoms with Crippen molar-refractivity contribution in [3.8, 4) is 28.7 Å². The van der Waals surface area contributed by atoms with Gasteiger partial charge in [-0.25, -0.2) is 4.98 Å². The van der Waals surface area contributed by atoms with Crippen LogP contribution in [0.2, 0.25) is 0 Å². The molecule has 0 unspecified atom stereocenters. The third kappa shape index (κ3) is 3.95. The molecule has 2 aromatic carbocycles. The summed E-state index contributed by atoms with van der Waals surface area (Å²) in [6.07, 6.45) is 5.33. The Morgan fingerprint density at radius 3 is 2.63 bits per heavy atom. The molecule has 0 bridgehead atoms. The molecular weight excluding hydrogens is 374 g/mol. The second-order valence-electron chi connectivity index (χ2n) is 7.55. The lowest BCUT2D eigenvalue weighted by Crippen LogP contribution is -2.22. The number of pyridine rings is 1. The Morgan fingerprint density at radius 2 is 1.87 bits per heavy atom. The third-order valence-corrected chi connectivity index (χ3v) is 5.64. The maximum atomic E-state index is 9.86. The van der Waals surface area contributed by atoms with Crippen molar-refractivity contribution in [3.05, 3.63) is 70.9 Å². The summed E-state index contributed by atoms with van der Waals surface area (Å²) in [6.45, 7) is 0.375. The molecule has 1 aliphatic carbocycles. The number of nitrogens with zero attached hydrogens (tertiary/aromatic N) is 1. The first-order chi connectivity index (χ1) is 14.7. The molecule has 0 fully saturated rings. The Bertz CT molecular complexity index is 1090. The number of anilines is 1. The Hall–Kier alpha value is -3.52.